The lowest BCUT2D eigenvalue weighted by Crippen LogP contribution is -2.35. The lowest BCUT2D eigenvalue weighted by Gasteiger charge is -2.38. The average molecular weight is 354 g/mol. The smallest absolute Gasteiger partial charge is 0.152 e. The Hall–Kier alpha value is -2.50. The Labute approximate surface area is 152 Å². The minimum Gasteiger partial charge on any atom is -0.496 e. The Morgan fingerprint density at radius 2 is 1.85 bits per heavy atom. The molecule has 0 fully saturated rings. The van der Waals surface area contributed by atoms with Gasteiger partial charge in [-0.3, -0.25) is 0 Å². The molecule has 0 spiro atoms. The van der Waals surface area contributed by atoms with Crippen LogP contribution >= 0.6 is 0 Å². The summed E-state index contributed by atoms with van der Waals surface area (Å²) in [6.07, 6.45) is 0.955. The van der Waals surface area contributed by atoms with Crippen molar-refractivity contribution in [3.8, 4) is 17.2 Å². The molecule has 2 N–H and O–H groups in total. The van der Waals surface area contributed by atoms with Crippen molar-refractivity contribution in [2.75, 3.05) is 7.11 Å². The summed E-state index contributed by atoms with van der Waals surface area (Å²) in [5.41, 5.74) is 1.53. The molecule has 2 aliphatic rings. The van der Waals surface area contributed by atoms with E-state index in [-0.39, 0.29) is 0 Å². The highest BCUT2D eigenvalue weighted by Gasteiger charge is 2.42. The fourth-order valence-electron chi connectivity index (χ4n) is 3.50. The summed E-state index contributed by atoms with van der Waals surface area (Å²) in [7, 11) is 1.52. The molecule has 2 aromatic carbocycles. The summed E-state index contributed by atoms with van der Waals surface area (Å²) in [5.74, 6) is 1.55. The Morgan fingerprint density at radius 3 is 2.54 bits per heavy atom. The standard InChI is InChI=1S/C21H22O5/c1-21(2)10-9-13-14(26-21)11-15(24-3)16-17(22)18(23)19(25-20(13)16)12-7-5-4-6-8-12/h4-11,17-19,22-23H,1-3H3/t17-,18-,19+/m0/s1. The zero-order chi connectivity index (χ0) is 18.5. The van der Waals surface area contributed by atoms with E-state index in [1.165, 1.54) is 7.11 Å². The highest BCUT2D eigenvalue weighted by atomic mass is 16.5. The summed E-state index contributed by atoms with van der Waals surface area (Å²) < 4.78 is 17.7. The van der Waals surface area contributed by atoms with E-state index in [1.54, 1.807) is 6.07 Å². The monoisotopic (exact) mass is 354 g/mol. The fourth-order valence-corrected chi connectivity index (χ4v) is 3.50. The van der Waals surface area contributed by atoms with Gasteiger partial charge in [-0.25, -0.2) is 0 Å². The van der Waals surface area contributed by atoms with Gasteiger partial charge in [-0.05, 0) is 31.6 Å². The number of fused-ring (bicyclic) bond motifs is 3. The number of aliphatic hydroxyl groups is 2. The van der Waals surface area contributed by atoms with Gasteiger partial charge in [0.25, 0.3) is 0 Å². The first-order chi connectivity index (χ1) is 12.4. The summed E-state index contributed by atoms with van der Waals surface area (Å²) >= 11 is 0. The van der Waals surface area contributed by atoms with Crippen LogP contribution in [0.3, 0.4) is 0 Å². The second kappa shape index (κ2) is 6.04. The SMILES string of the molecule is COc1cc2c(c3c1[C@H](O)[C@H](O)[C@@H](c1ccccc1)O3)C=CC(C)(C)O2. The number of aliphatic hydroxyl groups excluding tert-OH is 2. The van der Waals surface area contributed by atoms with Gasteiger partial charge in [-0.1, -0.05) is 30.3 Å². The van der Waals surface area contributed by atoms with Crippen LogP contribution in [0.1, 0.15) is 42.7 Å². The minimum atomic E-state index is -1.13. The van der Waals surface area contributed by atoms with Crippen molar-refractivity contribution in [2.24, 2.45) is 0 Å². The van der Waals surface area contributed by atoms with Gasteiger partial charge in [0.05, 0.1) is 18.2 Å². The van der Waals surface area contributed by atoms with Crippen LogP contribution < -0.4 is 14.2 Å². The molecular formula is C21H22O5. The Kier molecular flexibility index (Phi) is 3.93. The molecule has 4 rings (SSSR count). The van der Waals surface area contributed by atoms with Crippen molar-refractivity contribution < 1.29 is 24.4 Å². The van der Waals surface area contributed by atoms with Crippen molar-refractivity contribution in [3.05, 3.63) is 59.2 Å². The third-order valence-electron chi connectivity index (χ3n) is 4.83. The number of rotatable bonds is 2. The lowest BCUT2D eigenvalue weighted by molar-refractivity contribution is -0.0712. The van der Waals surface area contributed by atoms with E-state index in [1.807, 2.05) is 56.3 Å². The maximum atomic E-state index is 10.8. The molecule has 5 nitrogen and oxygen atoms in total. The number of hydrogen-bond acceptors (Lipinski definition) is 5. The maximum absolute atomic E-state index is 10.8. The van der Waals surface area contributed by atoms with Gasteiger partial charge >= 0.3 is 0 Å². The van der Waals surface area contributed by atoms with Crippen molar-refractivity contribution in [3.63, 3.8) is 0 Å². The van der Waals surface area contributed by atoms with E-state index in [0.29, 0.717) is 22.8 Å². The van der Waals surface area contributed by atoms with Crippen LogP contribution in [0.4, 0.5) is 0 Å². The number of hydrogen-bond donors (Lipinski definition) is 2. The van der Waals surface area contributed by atoms with Crippen LogP contribution in [0, 0.1) is 0 Å². The zero-order valence-electron chi connectivity index (χ0n) is 15.0. The Bertz CT molecular complexity index is 856. The van der Waals surface area contributed by atoms with E-state index in [9.17, 15) is 10.2 Å². The van der Waals surface area contributed by atoms with Crippen molar-refractivity contribution in [1.82, 2.24) is 0 Å². The Morgan fingerprint density at radius 1 is 1.12 bits per heavy atom. The molecule has 0 amide bonds. The van der Waals surface area contributed by atoms with Gasteiger partial charge in [0, 0.05) is 6.07 Å². The first-order valence-corrected chi connectivity index (χ1v) is 8.62. The molecule has 0 saturated heterocycles. The molecule has 0 aliphatic carbocycles. The topological polar surface area (TPSA) is 68.2 Å². The predicted octanol–water partition coefficient (Wildman–Crippen LogP) is 3.41. The molecule has 5 heteroatoms. The second-order valence-corrected chi connectivity index (χ2v) is 7.16. The molecule has 0 unspecified atom stereocenters. The van der Waals surface area contributed by atoms with Crippen LogP contribution in [-0.2, 0) is 0 Å². The third-order valence-corrected chi connectivity index (χ3v) is 4.83. The van der Waals surface area contributed by atoms with Crippen LogP contribution in [0.2, 0.25) is 0 Å². The molecule has 26 heavy (non-hydrogen) atoms. The molecule has 0 aromatic heterocycles. The first-order valence-electron chi connectivity index (χ1n) is 8.62. The van der Waals surface area contributed by atoms with Crippen LogP contribution in [0.25, 0.3) is 6.08 Å². The number of methoxy groups -OCH3 is 1. The van der Waals surface area contributed by atoms with E-state index >= 15 is 0 Å². The lowest BCUT2D eigenvalue weighted by atomic mass is 9.88. The fraction of sp³-hybridized carbons (Fsp3) is 0.333. The van der Waals surface area contributed by atoms with Crippen molar-refractivity contribution in [2.45, 2.75) is 37.8 Å². The zero-order valence-corrected chi connectivity index (χ0v) is 15.0. The predicted molar refractivity (Wildman–Crippen MR) is 97.5 cm³/mol. The molecule has 0 radical (unpaired) electrons. The molecule has 136 valence electrons. The molecule has 0 saturated carbocycles. The molecule has 2 heterocycles. The summed E-state index contributed by atoms with van der Waals surface area (Å²) in [5, 5.41) is 21.5. The average Bonchev–Trinajstić information content (AvgIpc) is 2.63. The van der Waals surface area contributed by atoms with Crippen LogP contribution in [-0.4, -0.2) is 29.0 Å². The summed E-state index contributed by atoms with van der Waals surface area (Å²) in [6.45, 7) is 3.93. The van der Waals surface area contributed by atoms with E-state index < -0.39 is 23.9 Å². The Balaban J connectivity index is 1.88. The van der Waals surface area contributed by atoms with Crippen molar-refractivity contribution >= 4 is 6.08 Å². The maximum Gasteiger partial charge on any atom is 0.152 e. The summed E-state index contributed by atoms with van der Waals surface area (Å²) in [6, 6.07) is 11.1. The highest BCUT2D eigenvalue weighted by Crippen LogP contribution is 2.52. The van der Waals surface area contributed by atoms with Crippen LogP contribution in [0.15, 0.2) is 42.5 Å². The molecular weight excluding hydrogens is 332 g/mol. The van der Waals surface area contributed by atoms with Gasteiger partial charge in [-0.15, -0.1) is 0 Å². The molecule has 2 aliphatic heterocycles. The highest BCUT2D eigenvalue weighted by molar-refractivity contribution is 5.73. The third kappa shape index (κ3) is 2.64. The quantitative estimate of drug-likeness (QED) is 0.865. The van der Waals surface area contributed by atoms with E-state index in [0.717, 1.165) is 11.1 Å². The van der Waals surface area contributed by atoms with Crippen LogP contribution in [0.5, 0.6) is 17.2 Å². The molecule has 0 bridgehead atoms. The van der Waals surface area contributed by atoms with Gasteiger partial charge < -0.3 is 24.4 Å². The van der Waals surface area contributed by atoms with Gasteiger partial charge in [-0.2, -0.15) is 0 Å². The largest absolute Gasteiger partial charge is 0.496 e. The van der Waals surface area contributed by atoms with Crippen molar-refractivity contribution in [1.29, 1.82) is 0 Å². The molecule has 3 atom stereocenters. The molecule has 2 aromatic rings. The number of ether oxygens (including phenoxy) is 3. The first kappa shape index (κ1) is 16.9. The summed E-state index contributed by atoms with van der Waals surface area (Å²) in [4.78, 5) is 0. The minimum absolute atomic E-state index is 0.433. The normalized spacial score (nSPS) is 25.5. The van der Waals surface area contributed by atoms with Gasteiger partial charge in [0.15, 0.2) is 6.10 Å². The van der Waals surface area contributed by atoms with Gasteiger partial charge in [0.1, 0.15) is 35.1 Å². The van der Waals surface area contributed by atoms with E-state index in [4.69, 9.17) is 14.2 Å². The second-order valence-electron chi connectivity index (χ2n) is 7.16. The van der Waals surface area contributed by atoms with Gasteiger partial charge in [0.2, 0.25) is 0 Å². The van der Waals surface area contributed by atoms with E-state index in [2.05, 4.69) is 0 Å². The number of benzene rings is 2.